The minimum absolute atomic E-state index is 0.00219. The Hall–Kier alpha value is -2.87. The summed E-state index contributed by atoms with van der Waals surface area (Å²) in [5.41, 5.74) is 2.13. The Labute approximate surface area is 175 Å². The van der Waals surface area contributed by atoms with Gasteiger partial charge in [-0.3, -0.25) is 14.7 Å². The molecule has 2 heterocycles. The van der Waals surface area contributed by atoms with Crippen molar-refractivity contribution in [3.05, 3.63) is 36.0 Å². The molecule has 1 aromatic carbocycles. The van der Waals surface area contributed by atoms with Gasteiger partial charge in [0.2, 0.25) is 5.91 Å². The van der Waals surface area contributed by atoms with Crippen molar-refractivity contribution in [2.24, 2.45) is 11.8 Å². The molecule has 160 valence electrons. The second kappa shape index (κ2) is 8.47. The molecule has 0 bridgehead atoms. The topological polar surface area (TPSA) is 96.5 Å². The number of likely N-dealkylation sites (tertiary alicyclic amines) is 1. The average molecular weight is 412 g/mol. The summed E-state index contributed by atoms with van der Waals surface area (Å²) in [5.74, 6) is 1.43. The number of hydrogen-bond acceptors (Lipinski definition) is 5. The number of nitrogens with one attached hydrogen (secondary N) is 2. The number of carbonyl (C=O) groups excluding carboxylic acids is 2. The molecular weight excluding hydrogens is 384 g/mol. The molecule has 2 fully saturated rings. The van der Waals surface area contributed by atoms with E-state index in [0.29, 0.717) is 30.6 Å². The zero-order chi connectivity index (χ0) is 21.3. The van der Waals surface area contributed by atoms with Gasteiger partial charge in [0.05, 0.1) is 24.9 Å². The van der Waals surface area contributed by atoms with E-state index < -0.39 is 0 Å². The molecule has 2 aromatic rings. The van der Waals surface area contributed by atoms with Crippen molar-refractivity contribution in [3.8, 4) is 17.0 Å². The van der Waals surface area contributed by atoms with Crippen LogP contribution < -0.4 is 10.1 Å². The molecule has 30 heavy (non-hydrogen) atoms. The molecule has 0 radical (unpaired) electrons. The van der Waals surface area contributed by atoms with Gasteiger partial charge in [0.15, 0.2) is 0 Å². The highest BCUT2D eigenvalue weighted by Gasteiger charge is 2.44. The summed E-state index contributed by atoms with van der Waals surface area (Å²) in [6.07, 6.45) is 1.65. The van der Waals surface area contributed by atoms with Crippen LogP contribution in [0.3, 0.4) is 0 Å². The quantitative estimate of drug-likeness (QED) is 0.784. The molecule has 1 aliphatic heterocycles. The summed E-state index contributed by atoms with van der Waals surface area (Å²) in [4.78, 5) is 26.5. The van der Waals surface area contributed by atoms with E-state index in [1.807, 2.05) is 29.2 Å². The Kier molecular flexibility index (Phi) is 5.76. The number of nitrogens with zero attached hydrogens (tertiary/aromatic N) is 2. The minimum atomic E-state index is -0.0463. The lowest BCUT2D eigenvalue weighted by Gasteiger charge is -2.37. The van der Waals surface area contributed by atoms with E-state index in [1.165, 1.54) is 6.92 Å². The van der Waals surface area contributed by atoms with Crippen molar-refractivity contribution in [1.29, 1.82) is 0 Å². The van der Waals surface area contributed by atoms with E-state index in [2.05, 4.69) is 15.5 Å². The third-order valence-electron chi connectivity index (χ3n) is 6.29. The molecule has 4 rings (SSSR count). The van der Waals surface area contributed by atoms with E-state index in [-0.39, 0.29) is 24.0 Å². The van der Waals surface area contributed by atoms with Crippen LogP contribution in [-0.4, -0.2) is 66.4 Å². The number of amides is 2. The maximum atomic E-state index is 13.1. The molecular formula is C22H28N4O4. The van der Waals surface area contributed by atoms with Crippen molar-refractivity contribution in [2.75, 3.05) is 27.3 Å². The monoisotopic (exact) mass is 412 g/mol. The molecule has 1 saturated carbocycles. The summed E-state index contributed by atoms with van der Waals surface area (Å²) in [6, 6.07) is 9.37. The number of aromatic amines is 1. The molecule has 2 N–H and O–H groups in total. The van der Waals surface area contributed by atoms with Crippen LogP contribution in [0.15, 0.2) is 30.3 Å². The smallest absolute Gasteiger partial charge is 0.271 e. The van der Waals surface area contributed by atoms with Gasteiger partial charge in [-0.1, -0.05) is 0 Å². The Morgan fingerprint density at radius 3 is 2.47 bits per heavy atom. The third kappa shape index (κ3) is 4.05. The average Bonchev–Trinajstić information content (AvgIpc) is 3.39. The van der Waals surface area contributed by atoms with E-state index in [0.717, 1.165) is 29.8 Å². The molecule has 0 unspecified atom stereocenters. The second-order valence-electron chi connectivity index (χ2n) is 8.18. The zero-order valence-electron chi connectivity index (χ0n) is 17.6. The van der Waals surface area contributed by atoms with Gasteiger partial charge in [0.1, 0.15) is 11.4 Å². The number of benzene rings is 1. The number of H-pyrrole nitrogens is 1. The Morgan fingerprint density at radius 2 is 1.83 bits per heavy atom. The van der Waals surface area contributed by atoms with Gasteiger partial charge >= 0.3 is 0 Å². The number of hydrogen-bond donors (Lipinski definition) is 2. The first kappa shape index (κ1) is 20.4. The maximum absolute atomic E-state index is 13.1. The first-order chi connectivity index (χ1) is 14.5. The fraction of sp³-hybridized carbons (Fsp3) is 0.500. The van der Waals surface area contributed by atoms with Gasteiger partial charge in [-0.15, -0.1) is 0 Å². The molecule has 2 amide bonds. The van der Waals surface area contributed by atoms with Crippen LogP contribution in [0.25, 0.3) is 11.3 Å². The van der Waals surface area contributed by atoms with Crippen LogP contribution in [0, 0.1) is 11.8 Å². The van der Waals surface area contributed by atoms with Gasteiger partial charge in [0, 0.05) is 32.7 Å². The van der Waals surface area contributed by atoms with E-state index >= 15 is 0 Å². The maximum Gasteiger partial charge on any atom is 0.271 e. The summed E-state index contributed by atoms with van der Waals surface area (Å²) >= 11 is 0. The summed E-state index contributed by atoms with van der Waals surface area (Å²) < 4.78 is 10.8. The molecule has 2 aliphatic rings. The fourth-order valence-electron chi connectivity index (χ4n) is 4.76. The highest BCUT2D eigenvalue weighted by Crippen LogP contribution is 2.38. The fourth-order valence-corrected chi connectivity index (χ4v) is 4.76. The number of aromatic nitrogens is 2. The molecule has 1 aliphatic carbocycles. The molecule has 8 heteroatoms. The van der Waals surface area contributed by atoms with Crippen LogP contribution in [0.1, 0.15) is 30.3 Å². The predicted octanol–water partition coefficient (Wildman–Crippen LogP) is 2.09. The largest absolute Gasteiger partial charge is 0.497 e. The van der Waals surface area contributed by atoms with Gasteiger partial charge in [-0.25, -0.2) is 0 Å². The number of fused-ring (bicyclic) bond motifs is 1. The number of carbonyl (C=O) groups is 2. The Morgan fingerprint density at radius 1 is 1.13 bits per heavy atom. The van der Waals surface area contributed by atoms with Crippen molar-refractivity contribution in [2.45, 2.75) is 31.9 Å². The summed E-state index contributed by atoms with van der Waals surface area (Å²) in [6.45, 7) is 2.92. The predicted molar refractivity (Wildman–Crippen MR) is 111 cm³/mol. The highest BCUT2D eigenvalue weighted by molar-refractivity contribution is 5.93. The standard InChI is InChI=1S/C22H28N4O4/c1-13(27)23-19-8-15-11-26(12-16(15)9-21(19)30-3)22(28)20-10-18(24-25-20)14-4-6-17(29-2)7-5-14/h4-7,10,15-16,19,21H,8-9,11-12H2,1-3H3,(H,23,27)(H,24,25)/t15-,16+,19-,21-/m1/s1. The van der Waals surface area contributed by atoms with Crippen molar-refractivity contribution >= 4 is 11.8 Å². The van der Waals surface area contributed by atoms with Crippen LogP contribution in [0.2, 0.25) is 0 Å². The van der Waals surface area contributed by atoms with Gasteiger partial charge in [-0.2, -0.15) is 5.10 Å². The number of methoxy groups -OCH3 is 2. The van der Waals surface area contributed by atoms with Gasteiger partial charge in [0.25, 0.3) is 5.91 Å². The molecule has 1 saturated heterocycles. The van der Waals surface area contributed by atoms with Crippen LogP contribution in [0.5, 0.6) is 5.75 Å². The normalized spacial score (nSPS) is 25.6. The lowest BCUT2D eigenvalue weighted by molar-refractivity contribution is -0.121. The number of ether oxygens (including phenoxy) is 2. The SMILES string of the molecule is COc1ccc(-c2cc(C(=O)N3C[C@H]4C[C@@H](NC(C)=O)[C@H](OC)C[C@H]4C3)[nH]n2)cc1. The van der Waals surface area contributed by atoms with Crippen LogP contribution >= 0.6 is 0 Å². The Bertz CT molecular complexity index is 910. The molecule has 1 aromatic heterocycles. The lowest BCUT2D eigenvalue weighted by atomic mass is 9.77. The summed E-state index contributed by atoms with van der Waals surface area (Å²) in [7, 11) is 3.31. The summed E-state index contributed by atoms with van der Waals surface area (Å²) in [5, 5.41) is 10.2. The zero-order valence-corrected chi connectivity index (χ0v) is 17.6. The van der Waals surface area contributed by atoms with Crippen molar-refractivity contribution < 1.29 is 19.1 Å². The number of rotatable bonds is 5. The van der Waals surface area contributed by atoms with Crippen LogP contribution in [0.4, 0.5) is 0 Å². The highest BCUT2D eigenvalue weighted by atomic mass is 16.5. The minimum Gasteiger partial charge on any atom is -0.497 e. The first-order valence-corrected chi connectivity index (χ1v) is 10.3. The molecule has 4 atom stereocenters. The van der Waals surface area contributed by atoms with E-state index in [1.54, 1.807) is 20.3 Å². The van der Waals surface area contributed by atoms with Gasteiger partial charge in [-0.05, 0) is 55.0 Å². The lowest BCUT2D eigenvalue weighted by Crippen LogP contribution is -2.49. The molecule has 8 nitrogen and oxygen atoms in total. The third-order valence-corrected chi connectivity index (χ3v) is 6.29. The van der Waals surface area contributed by atoms with E-state index in [4.69, 9.17) is 9.47 Å². The van der Waals surface area contributed by atoms with Crippen molar-refractivity contribution in [3.63, 3.8) is 0 Å². The Balaban J connectivity index is 1.44. The van der Waals surface area contributed by atoms with Crippen molar-refractivity contribution in [1.82, 2.24) is 20.4 Å². The van der Waals surface area contributed by atoms with E-state index in [9.17, 15) is 9.59 Å². The van der Waals surface area contributed by atoms with Gasteiger partial charge < -0.3 is 19.7 Å². The molecule has 0 spiro atoms. The van der Waals surface area contributed by atoms with Crippen LogP contribution in [-0.2, 0) is 9.53 Å². The second-order valence-corrected chi connectivity index (χ2v) is 8.18. The first-order valence-electron chi connectivity index (χ1n) is 10.3.